The number of hydrogen-bond donors (Lipinski definition) is 1. The predicted octanol–water partition coefficient (Wildman–Crippen LogP) is 4.91. The topological polar surface area (TPSA) is 109 Å². The SMILES string of the molecule is CC(C)(C)OC(=O)NCc1cnc(-c2ccc(OCCCN=[N+]=[N-])cc2)s1. The molecule has 0 bridgehead atoms. The van der Waals surface area contributed by atoms with E-state index < -0.39 is 11.7 Å². The summed E-state index contributed by atoms with van der Waals surface area (Å²) in [5.41, 5.74) is 8.67. The zero-order valence-corrected chi connectivity index (χ0v) is 16.5. The third-order valence-corrected chi connectivity index (χ3v) is 4.24. The van der Waals surface area contributed by atoms with Crippen LogP contribution in [-0.2, 0) is 11.3 Å². The quantitative estimate of drug-likeness (QED) is 0.299. The molecule has 0 atom stereocenters. The third kappa shape index (κ3) is 7.55. The van der Waals surface area contributed by atoms with E-state index in [2.05, 4.69) is 20.3 Å². The second-order valence-corrected chi connectivity index (χ2v) is 7.78. The molecule has 0 unspecified atom stereocenters. The average molecular weight is 389 g/mol. The van der Waals surface area contributed by atoms with Crippen LogP contribution in [0.5, 0.6) is 5.75 Å². The Kier molecular flexibility index (Phi) is 7.45. The number of carbonyl (C=O) groups is 1. The summed E-state index contributed by atoms with van der Waals surface area (Å²) >= 11 is 1.51. The van der Waals surface area contributed by atoms with Crippen molar-refractivity contribution in [2.24, 2.45) is 5.11 Å². The van der Waals surface area contributed by atoms with E-state index in [1.807, 2.05) is 45.0 Å². The number of hydrogen-bond acceptors (Lipinski definition) is 6. The van der Waals surface area contributed by atoms with Gasteiger partial charge < -0.3 is 14.8 Å². The minimum atomic E-state index is -0.518. The molecule has 0 saturated heterocycles. The van der Waals surface area contributed by atoms with Crippen LogP contribution in [0.15, 0.2) is 35.6 Å². The van der Waals surface area contributed by atoms with Crippen LogP contribution < -0.4 is 10.1 Å². The fourth-order valence-electron chi connectivity index (χ4n) is 2.06. The van der Waals surface area contributed by atoms with E-state index in [4.69, 9.17) is 15.0 Å². The van der Waals surface area contributed by atoms with E-state index in [1.165, 1.54) is 11.3 Å². The zero-order valence-electron chi connectivity index (χ0n) is 15.6. The summed E-state index contributed by atoms with van der Waals surface area (Å²) in [5.74, 6) is 0.753. The molecule has 1 amide bonds. The summed E-state index contributed by atoms with van der Waals surface area (Å²) in [5, 5.41) is 7.05. The Balaban J connectivity index is 1.84. The maximum Gasteiger partial charge on any atom is 0.407 e. The van der Waals surface area contributed by atoms with Crippen molar-refractivity contribution in [3.63, 3.8) is 0 Å². The lowest BCUT2D eigenvalue weighted by Crippen LogP contribution is -2.31. The molecule has 144 valence electrons. The van der Waals surface area contributed by atoms with Crippen molar-refractivity contribution in [1.29, 1.82) is 0 Å². The van der Waals surface area contributed by atoms with Gasteiger partial charge in [0.25, 0.3) is 0 Å². The van der Waals surface area contributed by atoms with Gasteiger partial charge in [0.05, 0.1) is 13.2 Å². The molecule has 8 nitrogen and oxygen atoms in total. The van der Waals surface area contributed by atoms with Gasteiger partial charge in [0.2, 0.25) is 0 Å². The van der Waals surface area contributed by atoms with Crippen molar-refractivity contribution < 1.29 is 14.3 Å². The van der Waals surface area contributed by atoms with Crippen LogP contribution in [-0.4, -0.2) is 29.8 Å². The van der Waals surface area contributed by atoms with Gasteiger partial charge >= 0.3 is 6.09 Å². The summed E-state index contributed by atoms with van der Waals surface area (Å²) in [4.78, 5) is 19.7. The molecule has 2 rings (SSSR count). The molecule has 0 radical (unpaired) electrons. The number of nitrogens with one attached hydrogen (secondary N) is 1. The van der Waals surface area contributed by atoms with Crippen LogP contribution >= 0.6 is 11.3 Å². The number of alkyl carbamates (subject to hydrolysis) is 1. The number of benzene rings is 1. The van der Waals surface area contributed by atoms with Crippen molar-refractivity contribution in [3.8, 4) is 16.3 Å². The first kappa shape index (κ1) is 20.5. The van der Waals surface area contributed by atoms with E-state index in [1.54, 1.807) is 6.20 Å². The summed E-state index contributed by atoms with van der Waals surface area (Å²) in [7, 11) is 0. The maximum absolute atomic E-state index is 11.7. The first-order valence-electron chi connectivity index (χ1n) is 8.53. The lowest BCUT2D eigenvalue weighted by Gasteiger charge is -2.19. The number of azide groups is 1. The zero-order chi connectivity index (χ0) is 19.7. The van der Waals surface area contributed by atoms with Crippen LogP contribution in [0.3, 0.4) is 0 Å². The molecule has 0 fully saturated rings. The summed E-state index contributed by atoms with van der Waals surface area (Å²) in [6, 6.07) is 7.63. The standard InChI is InChI=1S/C18H23N5O3S/c1-18(2,3)26-17(24)21-12-15-11-20-16(27-15)13-5-7-14(8-6-13)25-10-4-9-22-23-19/h5-8,11H,4,9-10,12H2,1-3H3,(H,21,24). The molecule has 0 spiro atoms. The highest BCUT2D eigenvalue weighted by atomic mass is 32.1. The normalized spacial score (nSPS) is 10.8. The Hall–Kier alpha value is -2.77. The first-order valence-corrected chi connectivity index (χ1v) is 9.35. The average Bonchev–Trinajstić information content (AvgIpc) is 3.08. The van der Waals surface area contributed by atoms with Gasteiger partial charge in [-0.25, -0.2) is 9.78 Å². The van der Waals surface area contributed by atoms with Gasteiger partial charge in [0, 0.05) is 28.1 Å². The number of nitrogens with zero attached hydrogens (tertiary/aromatic N) is 4. The number of ether oxygens (including phenoxy) is 2. The van der Waals surface area contributed by atoms with Gasteiger partial charge in [-0.15, -0.1) is 11.3 Å². The Morgan fingerprint density at radius 3 is 2.74 bits per heavy atom. The van der Waals surface area contributed by atoms with E-state index in [0.717, 1.165) is 21.2 Å². The molecule has 27 heavy (non-hydrogen) atoms. The molecule has 2 aromatic rings. The van der Waals surface area contributed by atoms with Crippen molar-refractivity contribution >= 4 is 17.4 Å². The third-order valence-electron chi connectivity index (χ3n) is 3.20. The lowest BCUT2D eigenvalue weighted by molar-refractivity contribution is 0.0524. The van der Waals surface area contributed by atoms with Gasteiger partial charge in [-0.05, 0) is 57.0 Å². The van der Waals surface area contributed by atoms with Crippen LogP contribution in [0.4, 0.5) is 4.79 Å². The molecule has 0 aliphatic carbocycles. The van der Waals surface area contributed by atoms with Crippen molar-refractivity contribution in [2.75, 3.05) is 13.2 Å². The molecule has 9 heteroatoms. The fraction of sp³-hybridized carbons (Fsp3) is 0.444. The van der Waals surface area contributed by atoms with Crippen LogP contribution in [0, 0.1) is 0 Å². The Morgan fingerprint density at radius 1 is 1.33 bits per heavy atom. The molecule has 1 N–H and O–H groups in total. The van der Waals surface area contributed by atoms with Crippen molar-refractivity contribution in [3.05, 3.63) is 45.8 Å². The minimum Gasteiger partial charge on any atom is -0.494 e. The smallest absolute Gasteiger partial charge is 0.407 e. The van der Waals surface area contributed by atoms with Gasteiger partial charge in [-0.1, -0.05) is 5.11 Å². The molecular weight excluding hydrogens is 366 g/mol. The van der Waals surface area contributed by atoms with Crippen molar-refractivity contribution in [2.45, 2.75) is 39.3 Å². The Bertz CT molecular complexity index is 792. The minimum absolute atomic E-state index is 0.374. The number of amides is 1. The Morgan fingerprint density at radius 2 is 2.07 bits per heavy atom. The number of rotatable bonds is 8. The molecule has 1 aromatic carbocycles. The Labute approximate surface area is 162 Å². The summed E-state index contributed by atoms with van der Waals surface area (Å²) < 4.78 is 10.8. The monoisotopic (exact) mass is 389 g/mol. The van der Waals surface area contributed by atoms with E-state index in [9.17, 15) is 4.79 Å². The number of carbonyl (C=O) groups excluding carboxylic acids is 1. The molecule has 0 aliphatic heterocycles. The highest BCUT2D eigenvalue weighted by Gasteiger charge is 2.16. The fourth-order valence-corrected chi connectivity index (χ4v) is 2.92. The highest BCUT2D eigenvalue weighted by Crippen LogP contribution is 2.27. The second kappa shape index (κ2) is 9.80. The largest absolute Gasteiger partial charge is 0.494 e. The van der Waals surface area contributed by atoms with Gasteiger partial charge in [-0.3, -0.25) is 0 Å². The van der Waals surface area contributed by atoms with Crippen LogP contribution in [0.2, 0.25) is 0 Å². The van der Waals surface area contributed by atoms with Crippen molar-refractivity contribution in [1.82, 2.24) is 10.3 Å². The van der Waals surface area contributed by atoms with Gasteiger partial charge in [-0.2, -0.15) is 0 Å². The van der Waals surface area contributed by atoms with E-state index in [-0.39, 0.29) is 0 Å². The van der Waals surface area contributed by atoms with E-state index in [0.29, 0.717) is 26.1 Å². The number of aromatic nitrogens is 1. The molecule has 1 heterocycles. The second-order valence-electron chi connectivity index (χ2n) is 6.67. The molecule has 0 aliphatic rings. The van der Waals surface area contributed by atoms with E-state index >= 15 is 0 Å². The summed E-state index contributed by atoms with van der Waals surface area (Å²) in [6.45, 7) is 6.77. The number of thiazole rings is 1. The molecule has 0 saturated carbocycles. The van der Waals surface area contributed by atoms with Crippen LogP contribution in [0.1, 0.15) is 32.1 Å². The predicted molar refractivity (Wildman–Crippen MR) is 105 cm³/mol. The lowest BCUT2D eigenvalue weighted by atomic mass is 10.2. The first-order chi connectivity index (χ1) is 12.9. The summed E-state index contributed by atoms with van der Waals surface area (Å²) in [6.07, 6.45) is 1.98. The van der Waals surface area contributed by atoms with Crippen LogP contribution in [0.25, 0.3) is 21.0 Å². The molecular formula is C18H23N5O3S. The molecule has 1 aromatic heterocycles. The maximum atomic E-state index is 11.7. The van der Waals surface area contributed by atoms with Gasteiger partial charge in [0.1, 0.15) is 16.4 Å². The van der Waals surface area contributed by atoms with Gasteiger partial charge in [0.15, 0.2) is 0 Å². The highest BCUT2D eigenvalue weighted by molar-refractivity contribution is 7.15.